The van der Waals surface area contributed by atoms with E-state index >= 15 is 0 Å². The number of sulfonamides is 1. The largest absolute Gasteiger partial charge is 0.395 e. The highest BCUT2D eigenvalue weighted by Gasteiger charge is 2.17. The number of aliphatic hydroxyl groups excluding tert-OH is 1. The number of nitrogens with zero attached hydrogens (tertiary/aromatic N) is 1. The first-order chi connectivity index (χ1) is 7.86. The van der Waals surface area contributed by atoms with Crippen LogP contribution >= 0.6 is 0 Å². The topological polar surface area (TPSA) is 110 Å². The summed E-state index contributed by atoms with van der Waals surface area (Å²) in [5, 5.41) is 19.1. The van der Waals surface area contributed by atoms with Gasteiger partial charge in [-0.25, -0.2) is 13.1 Å². The number of aliphatic hydroxyl groups is 1. The Bertz CT molecular complexity index is 497. The molecule has 0 amide bonds. The van der Waals surface area contributed by atoms with Crippen molar-refractivity contribution in [2.45, 2.75) is 17.9 Å². The molecule has 1 aromatic carbocycles. The van der Waals surface area contributed by atoms with Crippen LogP contribution in [0.15, 0.2) is 29.2 Å². The van der Waals surface area contributed by atoms with Gasteiger partial charge in [-0.1, -0.05) is 0 Å². The number of benzene rings is 1. The van der Waals surface area contributed by atoms with Crippen LogP contribution in [0.4, 0.5) is 5.69 Å². The van der Waals surface area contributed by atoms with Crippen molar-refractivity contribution < 1.29 is 18.4 Å². The molecule has 0 heterocycles. The van der Waals surface area contributed by atoms with E-state index < -0.39 is 21.0 Å². The summed E-state index contributed by atoms with van der Waals surface area (Å²) >= 11 is 0. The molecule has 0 aliphatic rings. The van der Waals surface area contributed by atoms with Gasteiger partial charge in [0.25, 0.3) is 5.69 Å². The van der Waals surface area contributed by atoms with Crippen LogP contribution in [0.25, 0.3) is 0 Å². The highest BCUT2D eigenvalue weighted by atomic mass is 32.2. The SMILES string of the molecule is C[C@@H](CO)NS(=O)(=O)c1ccc([N+](=O)[O-])cc1. The summed E-state index contributed by atoms with van der Waals surface area (Å²) in [5.74, 6) is 0. The molecule has 0 aromatic heterocycles. The first-order valence-corrected chi connectivity index (χ1v) is 6.23. The predicted octanol–water partition coefficient (Wildman–Crippen LogP) is 0.254. The van der Waals surface area contributed by atoms with Crippen molar-refractivity contribution in [2.75, 3.05) is 6.61 Å². The maximum absolute atomic E-state index is 11.7. The van der Waals surface area contributed by atoms with E-state index in [4.69, 9.17) is 5.11 Å². The van der Waals surface area contributed by atoms with Gasteiger partial charge in [0.15, 0.2) is 0 Å². The van der Waals surface area contributed by atoms with E-state index in [9.17, 15) is 18.5 Å². The second-order valence-electron chi connectivity index (χ2n) is 3.46. The Morgan fingerprint density at radius 3 is 2.35 bits per heavy atom. The van der Waals surface area contributed by atoms with Gasteiger partial charge in [0.2, 0.25) is 10.0 Å². The van der Waals surface area contributed by atoms with Crippen LogP contribution in [-0.4, -0.2) is 31.1 Å². The molecular formula is C9H12N2O5S. The van der Waals surface area contributed by atoms with Crippen LogP contribution in [0.3, 0.4) is 0 Å². The van der Waals surface area contributed by atoms with E-state index in [1.54, 1.807) is 0 Å². The maximum Gasteiger partial charge on any atom is 0.269 e. The average molecular weight is 260 g/mol. The van der Waals surface area contributed by atoms with Crippen molar-refractivity contribution in [2.24, 2.45) is 0 Å². The number of nitro groups is 1. The zero-order valence-corrected chi connectivity index (χ0v) is 9.85. The lowest BCUT2D eigenvalue weighted by molar-refractivity contribution is -0.384. The van der Waals surface area contributed by atoms with Crippen LogP contribution in [-0.2, 0) is 10.0 Å². The lowest BCUT2D eigenvalue weighted by Gasteiger charge is -2.11. The van der Waals surface area contributed by atoms with Gasteiger partial charge < -0.3 is 5.11 Å². The van der Waals surface area contributed by atoms with Gasteiger partial charge in [-0.05, 0) is 19.1 Å². The average Bonchev–Trinajstić information content (AvgIpc) is 2.28. The fourth-order valence-electron chi connectivity index (χ4n) is 1.12. The van der Waals surface area contributed by atoms with Crippen LogP contribution in [0.1, 0.15) is 6.92 Å². The Morgan fingerprint density at radius 2 is 1.94 bits per heavy atom. The van der Waals surface area contributed by atoms with E-state index in [0.717, 1.165) is 24.3 Å². The quantitative estimate of drug-likeness (QED) is 0.582. The lowest BCUT2D eigenvalue weighted by Crippen LogP contribution is -2.34. The van der Waals surface area contributed by atoms with Crippen molar-refractivity contribution in [1.82, 2.24) is 4.72 Å². The maximum atomic E-state index is 11.7. The zero-order chi connectivity index (χ0) is 13.1. The minimum atomic E-state index is -3.75. The molecular weight excluding hydrogens is 248 g/mol. The highest BCUT2D eigenvalue weighted by molar-refractivity contribution is 7.89. The fourth-order valence-corrected chi connectivity index (χ4v) is 2.35. The summed E-state index contributed by atoms with van der Waals surface area (Å²) in [6.07, 6.45) is 0. The third kappa shape index (κ3) is 3.48. The number of non-ortho nitro benzene ring substituents is 1. The molecule has 0 spiro atoms. The van der Waals surface area contributed by atoms with E-state index in [-0.39, 0.29) is 17.2 Å². The highest BCUT2D eigenvalue weighted by Crippen LogP contribution is 2.15. The van der Waals surface area contributed by atoms with Crippen molar-refractivity contribution in [3.63, 3.8) is 0 Å². The monoisotopic (exact) mass is 260 g/mol. The number of hydrogen-bond donors (Lipinski definition) is 2. The van der Waals surface area contributed by atoms with Gasteiger partial charge in [-0.2, -0.15) is 0 Å². The Hall–Kier alpha value is -1.51. The third-order valence-corrected chi connectivity index (χ3v) is 3.59. The molecule has 0 saturated heterocycles. The van der Waals surface area contributed by atoms with Gasteiger partial charge in [-0.15, -0.1) is 0 Å². The van der Waals surface area contributed by atoms with E-state index in [0.29, 0.717) is 0 Å². The Labute approximate surface area is 98.3 Å². The van der Waals surface area contributed by atoms with Crippen molar-refractivity contribution >= 4 is 15.7 Å². The van der Waals surface area contributed by atoms with E-state index in [2.05, 4.69) is 4.72 Å². The second kappa shape index (κ2) is 5.21. The molecule has 94 valence electrons. The summed E-state index contributed by atoms with van der Waals surface area (Å²) in [5.41, 5.74) is -0.181. The summed E-state index contributed by atoms with van der Waals surface area (Å²) in [6, 6.07) is 3.89. The number of nitro benzene ring substituents is 1. The minimum Gasteiger partial charge on any atom is -0.395 e. The van der Waals surface area contributed by atoms with Crippen LogP contribution < -0.4 is 4.72 Å². The van der Waals surface area contributed by atoms with Gasteiger partial charge in [0.05, 0.1) is 16.4 Å². The molecule has 0 radical (unpaired) electrons. The van der Waals surface area contributed by atoms with Gasteiger partial charge in [-0.3, -0.25) is 10.1 Å². The van der Waals surface area contributed by atoms with Crippen LogP contribution in [0.2, 0.25) is 0 Å². The Kier molecular flexibility index (Phi) is 4.16. The summed E-state index contributed by atoms with van der Waals surface area (Å²) in [7, 11) is -3.75. The summed E-state index contributed by atoms with van der Waals surface area (Å²) in [4.78, 5) is 9.70. The molecule has 1 aromatic rings. The molecule has 2 N–H and O–H groups in total. The van der Waals surface area contributed by atoms with Crippen molar-refractivity contribution in [1.29, 1.82) is 0 Å². The first kappa shape index (κ1) is 13.6. The Morgan fingerprint density at radius 1 is 1.41 bits per heavy atom. The zero-order valence-electron chi connectivity index (χ0n) is 9.03. The molecule has 1 atom stereocenters. The molecule has 0 bridgehead atoms. The minimum absolute atomic E-state index is 0.0802. The predicted molar refractivity (Wildman–Crippen MR) is 60.0 cm³/mol. The number of rotatable bonds is 5. The molecule has 0 aliphatic heterocycles. The van der Waals surface area contributed by atoms with Gasteiger partial charge >= 0.3 is 0 Å². The molecule has 0 saturated carbocycles. The molecule has 0 fully saturated rings. The lowest BCUT2D eigenvalue weighted by atomic mass is 10.3. The van der Waals surface area contributed by atoms with Crippen LogP contribution in [0.5, 0.6) is 0 Å². The standard InChI is InChI=1S/C9H12N2O5S/c1-7(6-12)10-17(15,16)9-4-2-8(3-5-9)11(13)14/h2-5,7,10,12H,6H2,1H3/t7-/m0/s1. The third-order valence-electron chi connectivity index (χ3n) is 1.99. The van der Waals surface area contributed by atoms with Crippen LogP contribution in [0, 0.1) is 10.1 Å². The van der Waals surface area contributed by atoms with E-state index in [1.807, 2.05) is 0 Å². The molecule has 7 nitrogen and oxygen atoms in total. The summed E-state index contributed by atoms with van der Waals surface area (Å²) < 4.78 is 25.6. The first-order valence-electron chi connectivity index (χ1n) is 4.74. The second-order valence-corrected chi connectivity index (χ2v) is 5.17. The van der Waals surface area contributed by atoms with E-state index in [1.165, 1.54) is 6.92 Å². The van der Waals surface area contributed by atoms with Gasteiger partial charge in [0, 0.05) is 18.2 Å². The van der Waals surface area contributed by atoms with Crippen molar-refractivity contribution in [3.05, 3.63) is 34.4 Å². The van der Waals surface area contributed by atoms with Gasteiger partial charge in [0.1, 0.15) is 0 Å². The molecule has 0 aliphatic carbocycles. The van der Waals surface area contributed by atoms with Crippen molar-refractivity contribution in [3.8, 4) is 0 Å². The normalized spacial score (nSPS) is 13.3. The molecule has 17 heavy (non-hydrogen) atoms. The number of nitrogens with one attached hydrogen (secondary N) is 1. The molecule has 8 heteroatoms. The smallest absolute Gasteiger partial charge is 0.269 e. The fraction of sp³-hybridized carbons (Fsp3) is 0.333. The number of hydrogen-bond acceptors (Lipinski definition) is 5. The summed E-state index contributed by atoms with van der Waals surface area (Å²) in [6.45, 7) is 1.18. The molecule has 1 rings (SSSR count). The Balaban J connectivity index is 2.96. The molecule has 0 unspecified atom stereocenters.